The zero-order valence-corrected chi connectivity index (χ0v) is 11.4. The Kier molecular flexibility index (Phi) is 4.89. The molecule has 1 fully saturated rings. The van der Waals surface area contributed by atoms with Crippen molar-refractivity contribution in [3.8, 4) is 0 Å². The molecule has 112 valence electrons. The van der Waals surface area contributed by atoms with E-state index in [1.54, 1.807) is 29.2 Å². The molecule has 2 rings (SSSR count). The van der Waals surface area contributed by atoms with E-state index in [2.05, 4.69) is 5.32 Å². The van der Waals surface area contributed by atoms with Gasteiger partial charge in [0.2, 0.25) is 11.8 Å². The number of carboxylic acid groups (broad SMARTS) is 1. The van der Waals surface area contributed by atoms with Crippen molar-refractivity contribution in [1.29, 1.82) is 0 Å². The Morgan fingerprint density at radius 2 is 2.05 bits per heavy atom. The van der Waals surface area contributed by atoms with Gasteiger partial charge in [0.25, 0.3) is 0 Å². The number of benzene rings is 1. The average molecular weight is 292 g/mol. The number of carbonyl (C=O) groups is 3. The van der Waals surface area contributed by atoms with Crippen molar-refractivity contribution >= 4 is 29.2 Å². The normalized spacial score (nSPS) is 14.3. The van der Waals surface area contributed by atoms with Crippen molar-refractivity contribution in [2.45, 2.75) is 12.8 Å². The number of hydrogen-bond acceptors (Lipinski definition) is 4. The number of ether oxygens (including phenoxy) is 1. The molecule has 1 saturated heterocycles. The third kappa shape index (κ3) is 4.03. The summed E-state index contributed by atoms with van der Waals surface area (Å²) in [6.07, 6.45) is 1.30. The maximum atomic E-state index is 11.8. The molecule has 1 aliphatic rings. The number of amides is 2. The van der Waals surface area contributed by atoms with E-state index in [9.17, 15) is 14.4 Å². The molecule has 0 aromatic heterocycles. The van der Waals surface area contributed by atoms with E-state index in [-0.39, 0.29) is 12.5 Å². The molecule has 1 heterocycles. The number of carbonyl (C=O) groups excluding carboxylic acids is 2. The van der Waals surface area contributed by atoms with Crippen LogP contribution in [0, 0.1) is 0 Å². The predicted molar refractivity (Wildman–Crippen MR) is 75.1 cm³/mol. The van der Waals surface area contributed by atoms with Gasteiger partial charge >= 0.3 is 5.97 Å². The Balaban J connectivity index is 2.01. The summed E-state index contributed by atoms with van der Waals surface area (Å²) in [5.74, 6) is -1.57. The number of anilines is 2. The van der Waals surface area contributed by atoms with Crippen molar-refractivity contribution < 1.29 is 24.2 Å². The summed E-state index contributed by atoms with van der Waals surface area (Å²) in [6.45, 7) is -0.254. The Bertz CT molecular complexity index is 558. The number of aliphatic carboxylic acids is 1. The zero-order valence-electron chi connectivity index (χ0n) is 11.4. The average Bonchev–Trinajstić information content (AvgIpc) is 2.85. The Hall–Kier alpha value is -2.41. The van der Waals surface area contributed by atoms with Crippen LogP contribution in [-0.4, -0.2) is 42.6 Å². The summed E-state index contributed by atoms with van der Waals surface area (Å²) in [5.41, 5.74) is 1.16. The van der Waals surface area contributed by atoms with Crippen LogP contribution in [0.5, 0.6) is 0 Å². The number of rotatable bonds is 6. The first-order chi connectivity index (χ1) is 10.1. The van der Waals surface area contributed by atoms with Gasteiger partial charge in [0, 0.05) is 13.0 Å². The van der Waals surface area contributed by atoms with E-state index in [4.69, 9.17) is 9.84 Å². The Labute approximate surface area is 121 Å². The first kappa shape index (κ1) is 15.0. The quantitative estimate of drug-likeness (QED) is 0.810. The predicted octanol–water partition coefficient (Wildman–Crippen LogP) is 0.853. The fourth-order valence-corrected chi connectivity index (χ4v) is 2.13. The lowest BCUT2D eigenvalue weighted by atomic mass is 10.2. The molecule has 7 nitrogen and oxygen atoms in total. The van der Waals surface area contributed by atoms with Gasteiger partial charge in [-0.25, -0.2) is 4.79 Å². The van der Waals surface area contributed by atoms with Crippen molar-refractivity contribution in [1.82, 2.24) is 0 Å². The van der Waals surface area contributed by atoms with Gasteiger partial charge in [0.15, 0.2) is 0 Å². The molecule has 1 aromatic rings. The van der Waals surface area contributed by atoms with Crippen LogP contribution in [0.2, 0.25) is 0 Å². The lowest BCUT2D eigenvalue weighted by Crippen LogP contribution is -2.26. The topological polar surface area (TPSA) is 95.9 Å². The van der Waals surface area contributed by atoms with Gasteiger partial charge in [-0.1, -0.05) is 12.1 Å². The van der Waals surface area contributed by atoms with Crippen LogP contribution >= 0.6 is 0 Å². The fraction of sp³-hybridized carbons (Fsp3) is 0.357. The molecule has 0 aliphatic carbocycles. The second-order valence-corrected chi connectivity index (χ2v) is 4.60. The molecule has 0 radical (unpaired) electrons. The summed E-state index contributed by atoms with van der Waals surface area (Å²) in [6, 6.07) is 6.99. The zero-order chi connectivity index (χ0) is 15.2. The fourth-order valence-electron chi connectivity index (χ4n) is 2.13. The van der Waals surface area contributed by atoms with E-state index in [0.717, 1.165) is 6.42 Å². The van der Waals surface area contributed by atoms with Gasteiger partial charge in [0.1, 0.15) is 13.2 Å². The highest BCUT2D eigenvalue weighted by Gasteiger charge is 2.24. The van der Waals surface area contributed by atoms with Crippen LogP contribution in [0.25, 0.3) is 0 Å². The van der Waals surface area contributed by atoms with Crippen LogP contribution in [0.1, 0.15) is 12.8 Å². The van der Waals surface area contributed by atoms with E-state index in [0.29, 0.717) is 24.3 Å². The minimum atomic E-state index is -1.13. The first-order valence-electron chi connectivity index (χ1n) is 6.56. The largest absolute Gasteiger partial charge is 0.480 e. The summed E-state index contributed by atoms with van der Waals surface area (Å²) in [4.78, 5) is 35.4. The van der Waals surface area contributed by atoms with Crippen molar-refractivity contribution in [3.63, 3.8) is 0 Å². The molecule has 0 bridgehead atoms. The molecule has 0 saturated carbocycles. The van der Waals surface area contributed by atoms with E-state index >= 15 is 0 Å². The second-order valence-electron chi connectivity index (χ2n) is 4.60. The molecule has 0 spiro atoms. The molecular weight excluding hydrogens is 276 g/mol. The van der Waals surface area contributed by atoms with E-state index < -0.39 is 18.5 Å². The number of hydrogen-bond donors (Lipinski definition) is 2. The second kappa shape index (κ2) is 6.85. The summed E-state index contributed by atoms with van der Waals surface area (Å²) in [7, 11) is 0. The number of nitrogens with zero attached hydrogens (tertiary/aromatic N) is 1. The summed E-state index contributed by atoms with van der Waals surface area (Å²) in [5, 5.41) is 11.1. The van der Waals surface area contributed by atoms with E-state index in [1.807, 2.05) is 0 Å². The molecule has 2 amide bonds. The van der Waals surface area contributed by atoms with Crippen LogP contribution in [0.3, 0.4) is 0 Å². The number of para-hydroxylation sites is 2. The smallest absolute Gasteiger partial charge is 0.329 e. The summed E-state index contributed by atoms with van der Waals surface area (Å²) >= 11 is 0. The first-order valence-corrected chi connectivity index (χ1v) is 6.56. The van der Waals surface area contributed by atoms with Gasteiger partial charge in [0.05, 0.1) is 11.4 Å². The van der Waals surface area contributed by atoms with Gasteiger partial charge in [-0.2, -0.15) is 0 Å². The Morgan fingerprint density at radius 1 is 1.29 bits per heavy atom. The third-order valence-corrected chi connectivity index (χ3v) is 3.00. The molecule has 2 N–H and O–H groups in total. The maximum Gasteiger partial charge on any atom is 0.329 e. The van der Waals surface area contributed by atoms with Crippen LogP contribution in [0.4, 0.5) is 11.4 Å². The maximum absolute atomic E-state index is 11.8. The lowest BCUT2D eigenvalue weighted by Gasteiger charge is -2.19. The summed E-state index contributed by atoms with van der Waals surface area (Å²) < 4.78 is 4.72. The van der Waals surface area contributed by atoms with Gasteiger partial charge in [-0.05, 0) is 18.6 Å². The highest BCUT2D eigenvalue weighted by atomic mass is 16.5. The molecule has 0 unspecified atom stereocenters. The highest BCUT2D eigenvalue weighted by molar-refractivity contribution is 6.02. The van der Waals surface area contributed by atoms with Gasteiger partial charge in [-0.15, -0.1) is 0 Å². The molecule has 1 aromatic carbocycles. The van der Waals surface area contributed by atoms with Gasteiger partial charge < -0.3 is 20.1 Å². The third-order valence-electron chi connectivity index (χ3n) is 3.00. The molecular formula is C14H16N2O5. The molecule has 7 heteroatoms. The van der Waals surface area contributed by atoms with Gasteiger partial charge in [-0.3, -0.25) is 9.59 Å². The number of carboxylic acids is 1. The van der Waals surface area contributed by atoms with Crippen LogP contribution in [-0.2, 0) is 19.1 Å². The SMILES string of the molecule is O=C(O)COCC(=O)Nc1ccccc1N1CCCC1=O. The molecule has 0 atom stereocenters. The van der Waals surface area contributed by atoms with Crippen LogP contribution < -0.4 is 10.2 Å². The highest BCUT2D eigenvalue weighted by Crippen LogP contribution is 2.29. The number of nitrogens with one attached hydrogen (secondary N) is 1. The van der Waals surface area contributed by atoms with Crippen LogP contribution in [0.15, 0.2) is 24.3 Å². The molecule has 21 heavy (non-hydrogen) atoms. The molecule has 1 aliphatic heterocycles. The standard InChI is InChI=1S/C14H16N2O5/c17-12(8-21-9-14(19)20)15-10-4-1-2-5-11(10)16-7-3-6-13(16)18/h1-2,4-5H,3,6-9H2,(H,15,17)(H,19,20). The van der Waals surface area contributed by atoms with Crippen molar-refractivity contribution in [3.05, 3.63) is 24.3 Å². The lowest BCUT2D eigenvalue weighted by molar-refractivity contribution is -0.143. The minimum Gasteiger partial charge on any atom is -0.480 e. The monoisotopic (exact) mass is 292 g/mol. The van der Waals surface area contributed by atoms with E-state index in [1.165, 1.54) is 0 Å². The van der Waals surface area contributed by atoms with Crippen molar-refractivity contribution in [2.24, 2.45) is 0 Å². The van der Waals surface area contributed by atoms with Crippen molar-refractivity contribution in [2.75, 3.05) is 30.0 Å². The Morgan fingerprint density at radius 3 is 2.71 bits per heavy atom. The minimum absolute atomic E-state index is 0.0267.